The first kappa shape index (κ1) is 22.9. The van der Waals surface area contributed by atoms with Crippen LogP contribution >= 0.6 is 0 Å². The molecule has 1 amide bonds. The summed E-state index contributed by atoms with van der Waals surface area (Å²) in [5, 5.41) is 9.37. The third-order valence-corrected chi connectivity index (χ3v) is 9.35. The van der Waals surface area contributed by atoms with Crippen LogP contribution in [0.1, 0.15) is 48.5 Å². The normalized spacial score (nSPS) is 25.6. The largest absolute Gasteiger partial charge is 0.479 e. The van der Waals surface area contributed by atoms with Gasteiger partial charge in [-0.2, -0.15) is 0 Å². The van der Waals surface area contributed by atoms with Crippen LogP contribution in [0.4, 0.5) is 4.79 Å². The molecule has 152 valence electrons. The summed E-state index contributed by atoms with van der Waals surface area (Å²) in [4.78, 5) is 25.5. The van der Waals surface area contributed by atoms with Crippen molar-refractivity contribution in [2.45, 2.75) is 83.9 Å². The fraction of sp³-hybridized carbons (Fsp3) is 0.889. The first-order chi connectivity index (χ1) is 11.5. The van der Waals surface area contributed by atoms with E-state index < -0.39 is 37.7 Å². The summed E-state index contributed by atoms with van der Waals surface area (Å²) in [6.45, 7) is 18.1. The Bertz CT molecular complexity index is 537. The molecule has 0 unspecified atom stereocenters. The Labute approximate surface area is 158 Å². The maximum Gasteiger partial charge on any atom is 0.410 e. The van der Waals surface area contributed by atoms with Crippen LogP contribution in [0, 0.1) is 0 Å². The van der Waals surface area contributed by atoms with E-state index in [-0.39, 0.29) is 24.7 Å². The third-order valence-electron chi connectivity index (χ3n) is 4.74. The lowest BCUT2D eigenvalue weighted by molar-refractivity contribution is -0.152. The first-order valence-electron chi connectivity index (χ1n) is 8.98. The molecule has 8 heteroatoms. The molecule has 0 bridgehead atoms. The zero-order chi connectivity index (χ0) is 20.6. The molecule has 0 saturated carbocycles. The molecule has 7 nitrogen and oxygen atoms in total. The molecule has 1 heterocycles. The lowest BCUT2D eigenvalue weighted by Gasteiger charge is -2.44. The third kappa shape index (κ3) is 6.24. The van der Waals surface area contributed by atoms with Gasteiger partial charge >= 0.3 is 12.1 Å². The standard InChI is InChI=1S/C18H35NO6Si/c1-16(2,3)24-15(22)19-10-13(14(20)21)23-12-18(7,11-19)25-26(8,9)17(4,5)6/h13H,10-12H2,1-9H3,(H,20,21)/t13-,18-/m0/s1. The number of rotatable bonds is 3. The van der Waals surface area contributed by atoms with Gasteiger partial charge in [-0.25, -0.2) is 9.59 Å². The number of hydrogen-bond acceptors (Lipinski definition) is 5. The second kappa shape index (κ2) is 7.48. The summed E-state index contributed by atoms with van der Waals surface area (Å²) in [6, 6.07) is 0. The molecule has 0 aliphatic carbocycles. The van der Waals surface area contributed by atoms with E-state index in [1.54, 1.807) is 20.8 Å². The van der Waals surface area contributed by atoms with Gasteiger partial charge in [-0.15, -0.1) is 0 Å². The minimum absolute atomic E-state index is 0.0226. The number of carbonyl (C=O) groups excluding carboxylic acids is 1. The Balaban J connectivity index is 3.10. The molecule has 0 radical (unpaired) electrons. The monoisotopic (exact) mass is 389 g/mol. The van der Waals surface area contributed by atoms with E-state index in [2.05, 4.69) is 33.9 Å². The minimum atomic E-state index is -2.15. The van der Waals surface area contributed by atoms with Gasteiger partial charge in [-0.1, -0.05) is 20.8 Å². The van der Waals surface area contributed by atoms with Gasteiger partial charge in [0.2, 0.25) is 0 Å². The van der Waals surface area contributed by atoms with E-state index >= 15 is 0 Å². The molecular weight excluding hydrogens is 354 g/mol. The van der Waals surface area contributed by atoms with Crippen molar-refractivity contribution in [2.75, 3.05) is 19.7 Å². The highest BCUT2D eigenvalue weighted by atomic mass is 28.4. The molecule has 1 aliphatic heterocycles. The van der Waals surface area contributed by atoms with Crippen molar-refractivity contribution < 1.29 is 28.6 Å². The SMILES string of the molecule is CC(C)(C)OC(=O)N1C[C@@H](C(=O)O)OC[C@@](C)(O[Si](C)(C)C(C)(C)C)C1. The zero-order valence-electron chi connectivity index (χ0n) is 17.6. The van der Waals surface area contributed by atoms with Crippen LogP contribution in [0.3, 0.4) is 0 Å². The Morgan fingerprint density at radius 2 is 1.73 bits per heavy atom. The predicted octanol–water partition coefficient (Wildman–Crippen LogP) is 3.49. The predicted molar refractivity (Wildman–Crippen MR) is 102 cm³/mol. The molecule has 1 fully saturated rings. The molecule has 2 atom stereocenters. The summed E-state index contributed by atoms with van der Waals surface area (Å²) in [6.07, 6.45) is -1.66. The Hall–Kier alpha value is -1.12. The summed E-state index contributed by atoms with van der Waals surface area (Å²) in [5.74, 6) is -1.10. The molecule has 26 heavy (non-hydrogen) atoms. The number of hydrogen-bond donors (Lipinski definition) is 1. The molecule has 1 saturated heterocycles. The van der Waals surface area contributed by atoms with Crippen LogP contribution in [0.15, 0.2) is 0 Å². The fourth-order valence-corrected chi connectivity index (χ4v) is 4.15. The van der Waals surface area contributed by atoms with Crippen molar-refractivity contribution in [1.29, 1.82) is 0 Å². The highest BCUT2D eigenvalue weighted by Crippen LogP contribution is 2.40. The van der Waals surface area contributed by atoms with E-state index in [1.807, 2.05) is 6.92 Å². The average Bonchev–Trinajstić information content (AvgIpc) is 2.54. The maximum atomic E-state index is 12.6. The molecule has 0 aromatic carbocycles. The van der Waals surface area contributed by atoms with E-state index in [1.165, 1.54) is 4.90 Å². The average molecular weight is 390 g/mol. The van der Waals surface area contributed by atoms with Gasteiger partial charge in [0.15, 0.2) is 14.4 Å². The fourth-order valence-electron chi connectivity index (χ4n) is 2.49. The number of carboxylic acids is 1. The Morgan fingerprint density at radius 3 is 2.15 bits per heavy atom. The van der Waals surface area contributed by atoms with Crippen LogP contribution in [0.25, 0.3) is 0 Å². The van der Waals surface area contributed by atoms with E-state index in [4.69, 9.17) is 13.9 Å². The lowest BCUT2D eigenvalue weighted by Crippen LogP contribution is -2.55. The zero-order valence-corrected chi connectivity index (χ0v) is 18.6. The van der Waals surface area contributed by atoms with Crippen LogP contribution in [0.2, 0.25) is 18.1 Å². The van der Waals surface area contributed by atoms with Crippen molar-refractivity contribution in [1.82, 2.24) is 4.90 Å². The van der Waals surface area contributed by atoms with Crippen molar-refractivity contribution in [3.05, 3.63) is 0 Å². The summed E-state index contributed by atoms with van der Waals surface area (Å²) >= 11 is 0. The summed E-state index contributed by atoms with van der Waals surface area (Å²) in [5.41, 5.74) is -1.47. The maximum absolute atomic E-state index is 12.6. The first-order valence-corrected chi connectivity index (χ1v) is 11.9. The molecule has 1 aliphatic rings. The minimum Gasteiger partial charge on any atom is -0.479 e. The van der Waals surface area contributed by atoms with E-state index in [9.17, 15) is 14.7 Å². The highest BCUT2D eigenvalue weighted by Gasteiger charge is 2.46. The van der Waals surface area contributed by atoms with Gasteiger partial charge in [0.25, 0.3) is 0 Å². The molecule has 0 spiro atoms. The highest BCUT2D eigenvalue weighted by molar-refractivity contribution is 6.74. The molecule has 0 aromatic rings. The van der Waals surface area contributed by atoms with Gasteiger partial charge in [-0.05, 0) is 45.8 Å². The molecule has 1 rings (SSSR count). The topological polar surface area (TPSA) is 85.3 Å². The molecular formula is C18H35NO6Si. The number of ether oxygens (including phenoxy) is 2. The van der Waals surface area contributed by atoms with Crippen LogP contribution in [-0.4, -0.2) is 67.4 Å². The number of carboxylic acid groups (broad SMARTS) is 1. The van der Waals surface area contributed by atoms with Crippen molar-refractivity contribution >= 4 is 20.4 Å². The molecule has 1 N–H and O–H groups in total. The summed E-state index contributed by atoms with van der Waals surface area (Å²) in [7, 11) is -2.15. The lowest BCUT2D eigenvalue weighted by atomic mass is 10.1. The Morgan fingerprint density at radius 1 is 1.19 bits per heavy atom. The van der Waals surface area contributed by atoms with Crippen LogP contribution < -0.4 is 0 Å². The van der Waals surface area contributed by atoms with E-state index in [0.717, 1.165) is 0 Å². The van der Waals surface area contributed by atoms with Crippen molar-refractivity contribution in [3.8, 4) is 0 Å². The second-order valence-corrected chi connectivity index (χ2v) is 14.5. The van der Waals surface area contributed by atoms with Gasteiger partial charge in [0.1, 0.15) is 5.60 Å². The number of aliphatic carboxylic acids is 1. The molecule has 0 aromatic heterocycles. The van der Waals surface area contributed by atoms with Crippen molar-refractivity contribution in [3.63, 3.8) is 0 Å². The summed E-state index contributed by atoms with van der Waals surface area (Å²) < 4.78 is 17.6. The quantitative estimate of drug-likeness (QED) is 0.744. The second-order valence-electron chi connectivity index (χ2n) is 9.81. The van der Waals surface area contributed by atoms with Gasteiger partial charge in [0.05, 0.1) is 25.3 Å². The van der Waals surface area contributed by atoms with Gasteiger partial charge < -0.3 is 23.9 Å². The smallest absolute Gasteiger partial charge is 0.410 e. The van der Waals surface area contributed by atoms with Crippen LogP contribution in [-0.2, 0) is 18.7 Å². The van der Waals surface area contributed by atoms with Crippen molar-refractivity contribution in [2.24, 2.45) is 0 Å². The van der Waals surface area contributed by atoms with Crippen LogP contribution in [0.5, 0.6) is 0 Å². The number of carbonyl (C=O) groups is 2. The Kier molecular flexibility index (Phi) is 6.59. The van der Waals surface area contributed by atoms with E-state index in [0.29, 0.717) is 0 Å². The number of amides is 1. The number of nitrogens with zero attached hydrogens (tertiary/aromatic N) is 1. The van der Waals surface area contributed by atoms with Gasteiger partial charge in [-0.3, -0.25) is 0 Å². The van der Waals surface area contributed by atoms with Gasteiger partial charge in [0, 0.05) is 0 Å².